The number of benzene rings is 2. The van der Waals surface area contributed by atoms with Crippen LogP contribution in [0, 0.1) is 0 Å². The number of carbonyl (C=O) groups excluding carboxylic acids is 4. The highest BCUT2D eigenvalue weighted by molar-refractivity contribution is 6.06. The Morgan fingerprint density at radius 2 is 1.48 bits per heavy atom. The Morgan fingerprint density at radius 1 is 0.903 bits per heavy atom. The Bertz CT molecular complexity index is 963. The lowest BCUT2D eigenvalue weighted by Crippen LogP contribution is -2.23. The molecule has 1 heterocycles. The van der Waals surface area contributed by atoms with Crippen LogP contribution < -0.4 is 10.2 Å². The number of nitrogens with one attached hydrogen (secondary N) is 1. The summed E-state index contributed by atoms with van der Waals surface area (Å²) in [6.45, 7) is 4.37. The molecule has 0 atom stereocenters. The smallest absolute Gasteiger partial charge is 0.338 e. The minimum atomic E-state index is -0.608. The topological polar surface area (TPSA) is 102 Å². The van der Waals surface area contributed by atoms with Crippen LogP contribution in [0.2, 0.25) is 0 Å². The molecule has 1 aliphatic rings. The second kappa shape index (κ2) is 9.88. The van der Waals surface area contributed by atoms with Crippen LogP contribution in [-0.2, 0) is 14.3 Å². The monoisotopic (exact) mass is 424 g/mol. The molecule has 3 rings (SSSR count). The molecule has 1 saturated heterocycles. The molecule has 0 aliphatic carbocycles. The van der Waals surface area contributed by atoms with E-state index in [0.29, 0.717) is 18.5 Å². The summed E-state index contributed by atoms with van der Waals surface area (Å²) in [6.07, 6.45) is 1.35. The average Bonchev–Trinajstić information content (AvgIpc) is 3.19. The molecule has 8 heteroatoms. The third-order valence-electron chi connectivity index (χ3n) is 4.73. The van der Waals surface area contributed by atoms with Gasteiger partial charge in [0.05, 0.1) is 24.3 Å². The van der Waals surface area contributed by atoms with Gasteiger partial charge in [0.25, 0.3) is 5.91 Å². The Morgan fingerprint density at radius 3 is 1.97 bits per heavy atom. The van der Waals surface area contributed by atoms with Crippen molar-refractivity contribution in [2.75, 3.05) is 30.0 Å². The Labute approximate surface area is 180 Å². The van der Waals surface area contributed by atoms with Crippen LogP contribution in [0.15, 0.2) is 42.5 Å². The number of carbonyl (C=O) groups is 4. The molecule has 0 spiro atoms. The van der Waals surface area contributed by atoms with Gasteiger partial charge in [0.2, 0.25) is 5.91 Å². The van der Waals surface area contributed by atoms with Crippen molar-refractivity contribution in [2.45, 2.75) is 26.7 Å². The number of nitrogens with zero attached hydrogens (tertiary/aromatic N) is 1. The first kappa shape index (κ1) is 22.0. The van der Waals surface area contributed by atoms with E-state index in [1.54, 1.807) is 43.0 Å². The third kappa shape index (κ3) is 5.28. The standard InChI is InChI=1S/C23H24N2O6/c1-3-30-22(28)16-12-17(23(29)31-4-2)14-18(13-16)24-21(27)15-7-9-19(10-8-15)25-11-5-6-20(25)26/h7-10,12-14H,3-6,11H2,1-2H3,(H,24,27). The fourth-order valence-corrected chi connectivity index (χ4v) is 3.28. The molecule has 1 aliphatic heterocycles. The summed E-state index contributed by atoms with van der Waals surface area (Å²) < 4.78 is 10.0. The van der Waals surface area contributed by atoms with Crippen LogP contribution >= 0.6 is 0 Å². The minimum absolute atomic E-state index is 0.0690. The number of hydrogen-bond donors (Lipinski definition) is 1. The van der Waals surface area contributed by atoms with Gasteiger partial charge in [-0.15, -0.1) is 0 Å². The van der Waals surface area contributed by atoms with Crippen LogP contribution in [-0.4, -0.2) is 43.5 Å². The first-order valence-electron chi connectivity index (χ1n) is 10.1. The number of anilines is 2. The van der Waals surface area contributed by atoms with Gasteiger partial charge in [-0.25, -0.2) is 9.59 Å². The zero-order valence-electron chi connectivity index (χ0n) is 17.5. The van der Waals surface area contributed by atoms with Crippen LogP contribution in [0.25, 0.3) is 0 Å². The van der Waals surface area contributed by atoms with E-state index in [4.69, 9.17) is 9.47 Å². The fraction of sp³-hybridized carbons (Fsp3) is 0.304. The van der Waals surface area contributed by atoms with Crippen LogP contribution in [0.3, 0.4) is 0 Å². The van der Waals surface area contributed by atoms with Crippen molar-refractivity contribution >= 4 is 35.1 Å². The van der Waals surface area contributed by atoms with Crippen molar-refractivity contribution in [3.8, 4) is 0 Å². The van der Waals surface area contributed by atoms with Gasteiger partial charge >= 0.3 is 11.9 Å². The second-order valence-corrected chi connectivity index (χ2v) is 6.89. The molecule has 162 valence electrons. The van der Waals surface area contributed by atoms with Crippen molar-refractivity contribution in [2.24, 2.45) is 0 Å². The maximum atomic E-state index is 12.7. The van der Waals surface area contributed by atoms with Crippen LogP contribution in [0.5, 0.6) is 0 Å². The van der Waals surface area contributed by atoms with E-state index >= 15 is 0 Å². The molecule has 0 saturated carbocycles. The number of esters is 2. The lowest BCUT2D eigenvalue weighted by atomic mass is 10.1. The van der Waals surface area contributed by atoms with E-state index in [1.165, 1.54) is 18.2 Å². The van der Waals surface area contributed by atoms with E-state index in [1.807, 2.05) is 0 Å². The lowest BCUT2D eigenvalue weighted by molar-refractivity contribution is -0.117. The van der Waals surface area contributed by atoms with Crippen molar-refractivity contribution in [1.82, 2.24) is 0 Å². The van der Waals surface area contributed by atoms with Gasteiger partial charge in [-0.2, -0.15) is 0 Å². The molecule has 2 aromatic rings. The lowest BCUT2D eigenvalue weighted by Gasteiger charge is -2.16. The summed E-state index contributed by atoms with van der Waals surface area (Å²) >= 11 is 0. The number of hydrogen-bond acceptors (Lipinski definition) is 6. The number of amides is 2. The third-order valence-corrected chi connectivity index (χ3v) is 4.73. The zero-order valence-corrected chi connectivity index (χ0v) is 17.5. The Balaban J connectivity index is 1.81. The molecule has 0 unspecified atom stereocenters. The maximum Gasteiger partial charge on any atom is 0.338 e. The number of ether oxygens (including phenoxy) is 2. The summed E-state index contributed by atoms with van der Waals surface area (Å²) in [7, 11) is 0. The maximum absolute atomic E-state index is 12.7. The van der Waals surface area contributed by atoms with Gasteiger partial charge < -0.3 is 19.7 Å². The highest BCUT2D eigenvalue weighted by Gasteiger charge is 2.22. The highest BCUT2D eigenvalue weighted by Crippen LogP contribution is 2.23. The Kier molecular flexibility index (Phi) is 7.02. The van der Waals surface area contributed by atoms with Crippen LogP contribution in [0.4, 0.5) is 11.4 Å². The van der Waals surface area contributed by atoms with Gasteiger partial charge in [-0.3, -0.25) is 9.59 Å². The van der Waals surface area contributed by atoms with E-state index in [0.717, 1.165) is 12.1 Å². The first-order chi connectivity index (χ1) is 14.9. The van der Waals surface area contributed by atoms with Crippen molar-refractivity contribution < 1.29 is 28.7 Å². The SMILES string of the molecule is CCOC(=O)c1cc(NC(=O)c2ccc(N3CCCC3=O)cc2)cc(C(=O)OCC)c1. The fourth-order valence-electron chi connectivity index (χ4n) is 3.28. The summed E-state index contributed by atoms with van der Waals surface area (Å²) in [5.74, 6) is -1.57. The summed E-state index contributed by atoms with van der Waals surface area (Å²) in [5, 5.41) is 2.70. The van der Waals surface area contributed by atoms with Crippen molar-refractivity contribution in [1.29, 1.82) is 0 Å². The molecule has 31 heavy (non-hydrogen) atoms. The molecular weight excluding hydrogens is 400 g/mol. The molecule has 8 nitrogen and oxygen atoms in total. The molecule has 1 N–H and O–H groups in total. The first-order valence-corrected chi connectivity index (χ1v) is 10.1. The Hall–Kier alpha value is -3.68. The van der Waals surface area contributed by atoms with Gasteiger partial charge in [0, 0.05) is 29.9 Å². The van der Waals surface area contributed by atoms with Crippen molar-refractivity contribution in [3.63, 3.8) is 0 Å². The summed E-state index contributed by atoms with van der Waals surface area (Å²) in [6, 6.07) is 10.9. The van der Waals surface area contributed by atoms with Gasteiger partial charge in [-0.05, 0) is 62.7 Å². The molecule has 0 radical (unpaired) electrons. The van der Waals surface area contributed by atoms with E-state index in [-0.39, 0.29) is 35.9 Å². The molecule has 2 amide bonds. The quantitative estimate of drug-likeness (QED) is 0.684. The molecule has 2 aromatic carbocycles. The van der Waals surface area contributed by atoms with Crippen molar-refractivity contribution in [3.05, 3.63) is 59.2 Å². The number of rotatable bonds is 7. The predicted molar refractivity (Wildman–Crippen MR) is 114 cm³/mol. The van der Waals surface area contributed by atoms with Gasteiger partial charge in [-0.1, -0.05) is 0 Å². The van der Waals surface area contributed by atoms with Gasteiger partial charge in [0.15, 0.2) is 0 Å². The van der Waals surface area contributed by atoms with E-state index in [9.17, 15) is 19.2 Å². The molecule has 1 fully saturated rings. The van der Waals surface area contributed by atoms with E-state index < -0.39 is 17.8 Å². The minimum Gasteiger partial charge on any atom is -0.462 e. The second-order valence-electron chi connectivity index (χ2n) is 6.89. The largest absolute Gasteiger partial charge is 0.462 e. The average molecular weight is 424 g/mol. The van der Waals surface area contributed by atoms with Gasteiger partial charge in [0.1, 0.15) is 0 Å². The highest BCUT2D eigenvalue weighted by atomic mass is 16.5. The molecule has 0 bridgehead atoms. The predicted octanol–water partition coefficient (Wildman–Crippen LogP) is 3.42. The molecular formula is C23H24N2O6. The summed E-state index contributed by atoms with van der Waals surface area (Å²) in [4.78, 5) is 50.6. The zero-order chi connectivity index (χ0) is 22.4. The normalized spacial score (nSPS) is 13.1. The molecule has 0 aromatic heterocycles. The van der Waals surface area contributed by atoms with Crippen LogP contribution in [0.1, 0.15) is 57.8 Å². The van der Waals surface area contributed by atoms with E-state index in [2.05, 4.69) is 5.32 Å². The summed E-state index contributed by atoms with van der Waals surface area (Å²) in [5.41, 5.74) is 1.64.